The van der Waals surface area contributed by atoms with Gasteiger partial charge in [0, 0.05) is 11.1 Å². The van der Waals surface area contributed by atoms with Crippen LogP contribution in [0.15, 0.2) is 18.2 Å². The molecule has 0 radical (unpaired) electrons. The molecule has 0 saturated carbocycles. The standard InChI is InChI=1S/C12H14Cl2O3/c1-12(2,3)10(15)11(16)17-9-6-7(13)4-5-8(9)14/h4-6,10,15H,1-3H3. The Kier molecular flexibility index (Phi) is 4.42. The van der Waals surface area contributed by atoms with Gasteiger partial charge in [-0.15, -0.1) is 0 Å². The molecular formula is C12H14Cl2O3. The molecule has 1 aromatic carbocycles. The summed E-state index contributed by atoms with van der Waals surface area (Å²) in [6.07, 6.45) is -1.22. The first-order valence-corrected chi connectivity index (χ1v) is 5.82. The molecule has 0 saturated heterocycles. The number of esters is 1. The number of ether oxygens (including phenoxy) is 1. The third kappa shape index (κ3) is 3.87. The van der Waals surface area contributed by atoms with Gasteiger partial charge >= 0.3 is 5.97 Å². The maximum Gasteiger partial charge on any atom is 0.340 e. The zero-order valence-corrected chi connectivity index (χ0v) is 11.3. The van der Waals surface area contributed by atoms with Crippen molar-refractivity contribution in [1.82, 2.24) is 0 Å². The van der Waals surface area contributed by atoms with Crippen LogP contribution in [0.3, 0.4) is 0 Å². The first kappa shape index (κ1) is 14.3. The predicted octanol–water partition coefficient (Wildman–Crippen LogP) is 3.31. The van der Waals surface area contributed by atoms with Gasteiger partial charge in [-0.25, -0.2) is 4.79 Å². The van der Waals surface area contributed by atoms with E-state index in [9.17, 15) is 9.90 Å². The van der Waals surface area contributed by atoms with Gasteiger partial charge in [0.2, 0.25) is 0 Å². The van der Waals surface area contributed by atoms with Crippen LogP contribution in [0.4, 0.5) is 0 Å². The van der Waals surface area contributed by atoms with Gasteiger partial charge in [0.1, 0.15) is 0 Å². The summed E-state index contributed by atoms with van der Waals surface area (Å²) in [7, 11) is 0. The number of benzene rings is 1. The molecule has 17 heavy (non-hydrogen) atoms. The van der Waals surface area contributed by atoms with E-state index in [4.69, 9.17) is 27.9 Å². The Bertz CT molecular complexity index is 424. The molecule has 5 heteroatoms. The molecule has 0 aromatic heterocycles. The Balaban J connectivity index is 2.85. The van der Waals surface area contributed by atoms with Gasteiger partial charge in [-0.3, -0.25) is 0 Å². The summed E-state index contributed by atoms with van der Waals surface area (Å²) in [4.78, 5) is 11.6. The minimum atomic E-state index is -1.22. The lowest BCUT2D eigenvalue weighted by Gasteiger charge is -2.23. The fourth-order valence-electron chi connectivity index (χ4n) is 1.07. The van der Waals surface area contributed by atoms with Crippen molar-refractivity contribution < 1.29 is 14.6 Å². The second-order valence-corrected chi connectivity index (χ2v) is 5.61. The zero-order valence-electron chi connectivity index (χ0n) is 9.83. The molecule has 0 fully saturated rings. The van der Waals surface area contributed by atoms with Crippen LogP contribution in [0, 0.1) is 5.41 Å². The van der Waals surface area contributed by atoms with Crippen LogP contribution in [0.1, 0.15) is 20.8 Å². The summed E-state index contributed by atoms with van der Waals surface area (Å²) >= 11 is 11.6. The quantitative estimate of drug-likeness (QED) is 0.666. The summed E-state index contributed by atoms with van der Waals surface area (Å²) < 4.78 is 5.01. The fourth-order valence-corrected chi connectivity index (χ4v) is 1.39. The van der Waals surface area contributed by atoms with Crippen LogP contribution < -0.4 is 4.74 Å². The molecule has 0 aliphatic heterocycles. The van der Waals surface area contributed by atoms with Crippen LogP contribution in [-0.2, 0) is 4.79 Å². The predicted molar refractivity (Wildman–Crippen MR) is 67.6 cm³/mol. The normalized spacial score (nSPS) is 13.3. The molecule has 1 rings (SSSR count). The number of aliphatic hydroxyl groups excluding tert-OH is 1. The smallest absolute Gasteiger partial charge is 0.340 e. The summed E-state index contributed by atoms with van der Waals surface area (Å²) in [6, 6.07) is 4.54. The first-order valence-electron chi connectivity index (χ1n) is 5.06. The number of carbonyl (C=O) groups is 1. The average molecular weight is 277 g/mol. The average Bonchev–Trinajstić information content (AvgIpc) is 2.21. The van der Waals surface area contributed by atoms with Crippen molar-refractivity contribution in [2.24, 2.45) is 5.41 Å². The highest BCUT2D eigenvalue weighted by Gasteiger charge is 2.31. The van der Waals surface area contributed by atoms with Crippen molar-refractivity contribution in [2.75, 3.05) is 0 Å². The van der Waals surface area contributed by atoms with Crippen molar-refractivity contribution in [1.29, 1.82) is 0 Å². The van der Waals surface area contributed by atoms with Crippen molar-refractivity contribution in [3.05, 3.63) is 28.2 Å². The van der Waals surface area contributed by atoms with E-state index in [1.807, 2.05) is 0 Å². The third-order valence-corrected chi connectivity index (χ3v) is 2.69. The van der Waals surface area contributed by atoms with E-state index >= 15 is 0 Å². The van der Waals surface area contributed by atoms with E-state index in [0.717, 1.165) is 0 Å². The lowest BCUT2D eigenvalue weighted by atomic mass is 9.89. The van der Waals surface area contributed by atoms with Gasteiger partial charge in [0.05, 0.1) is 5.02 Å². The molecule has 1 N–H and O–H groups in total. The molecule has 94 valence electrons. The Morgan fingerprint density at radius 2 is 1.94 bits per heavy atom. The van der Waals surface area contributed by atoms with Crippen molar-refractivity contribution in [3.8, 4) is 5.75 Å². The molecular weight excluding hydrogens is 263 g/mol. The molecule has 1 unspecified atom stereocenters. The van der Waals surface area contributed by atoms with E-state index in [2.05, 4.69) is 0 Å². The number of aliphatic hydroxyl groups is 1. The van der Waals surface area contributed by atoms with E-state index in [1.165, 1.54) is 12.1 Å². The monoisotopic (exact) mass is 276 g/mol. The Hall–Kier alpha value is -0.770. The Labute approximate surface area is 110 Å². The molecule has 0 aliphatic rings. The van der Waals surface area contributed by atoms with Crippen LogP contribution in [0.5, 0.6) is 5.75 Å². The van der Waals surface area contributed by atoms with Crippen molar-refractivity contribution >= 4 is 29.2 Å². The third-order valence-electron chi connectivity index (χ3n) is 2.15. The van der Waals surface area contributed by atoms with Crippen molar-refractivity contribution in [2.45, 2.75) is 26.9 Å². The second kappa shape index (κ2) is 5.25. The van der Waals surface area contributed by atoms with Gasteiger partial charge in [-0.1, -0.05) is 44.0 Å². The van der Waals surface area contributed by atoms with Crippen molar-refractivity contribution in [3.63, 3.8) is 0 Å². The number of hydrogen-bond donors (Lipinski definition) is 1. The van der Waals surface area contributed by atoms with E-state index in [1.54, 1.807) is 26.8 Å². The number of hydrogen-bond acceptors (Lipinski definition) is 3. The summed E-state index contributed by atoms with van der Waals surface area (Å²) in [6.45, 7) is 5.20. The highest BCUT2D eigenvalue weighted by atomic mass is 35.5. The zero-order chi connectivity index (χ0) is 13.2. The summed E-state index contributed by atoms with van der Waals surface area (Å²) in [5.41, 5.74) is -0.595. The Morgan fingerprint density at radius 3 is 2.47 bits per heavy atom. The molecule has 1 aromatic rings. The summed E-state index contributed by atoms with van der Waals surface area (Å²) in [5, 5.41) is 10.4. The molecule has 3 nitrogen and oxygen atoms in total. The highest BCUT2D eigenvalue weighted by molar-refractivity contribution is 6.34. The van der Waals surface area contributed by atoms with Gasteiger partial charge < -0.3 is 9.84 Å². The Morgan fingerprint density at radius 1 is 1.35 bits per heavy atom. The number of rotatable bonds is 2. The minimum Gasteiger partial charge on any atom is -0.423 e. The molecule has 0 heterocycles. The highest BCUT2D eigenvalue weighted by Crippen LogP contribution is 2.29. The topological polar surface area (TPSA) is 46.5 Å². The second-order valence-electron chi connectivity index (χ2n) is 4.76. The maximum atomic E-state index is 11.6. The summed E-state index contributed by atoms with van der Waals surface area (Å²) in [5.74, 6) is -0.603. The number of halogens is 2. The first-order chi connectivity index (χ1) is 7.71. The van der Waals surface area contributed by atoms with Gasteiger partial charge in [0.25, 0.3) is 0 Å². The van der Waals surface area contributed by atoms with Crippen LogP contribution in [0.2, 0.25) is 10.0 Å². The minimum absolute atomic E-state index is 0.146. The molecule has 0 bridgehead atoms. The van der Waals surface area contributed by atoms with Crippen LogP contribution in [0.25, 0.3) is 0 Å². The van der Waals surface area contributed by atoms with Gasteiger partial charge in [-0.05, 0) is 17.5 Å². The number of carbonyl (C=O) groups excluding carboxylic acids is 1. The van der Waals surface area contributed by atoms with E-state index in [-0.39, 0.29) is 10.8 Å². The van der Waals surface area contributed by atoms with E-state index < -0.39 is 17.5 Å². The van der Waals surface area contributed by atoms with E-state index in [0.29, 0.717) is 5.02 Å². The lowest BCUT2D eigenvalue weighted by molar-refractivity contribution is -0.149. The molecule has 1 atom stereocenters. The molecule has 0 spiro atoms. The fraction of sp³-hybridized carbons (Fsp3) is 0.417. The SMILES string of the molecule is CC(C)(C)C(O)C(=O)Oc1cc(Cl)ccc1Cl. The van der Waals surface area contributed by atoms with Gasteiger partial charge in [0.15, 0.2) is 11.9 Å². The molecule has 0 amide bonds. The van der Waals surface area contributed by atoms with Crippen LogP contribution >= 0.6 is 23.2 Å². The largest absolute Gasteiger partial charge is 0.423 e. The van der Waals surface area contributed by atoms with Crippen LogP contribution in [-0.4, -0.2) is 17.2 Å². The lowest BCUT2D eigenvalue weighted by Crippen LogP contribution is -2.37. The molecule has 0 aliphatic carbocycles. The maximum absolute atomic E-state index is 11.6. The van der Waals surface area contributed by atoms with Gasteiger partial charge in [-0.2, -0.15) is 0 Å².